The van der Waals surface area contributed by atoms with Gasteiger partial charge in [-0.25, -0.2) is 0 Å². The number of hydrogen-bond acceptors (Lipinski definition) is 1. The summed E-state index contributed by atoms with van der Waals surface area (Å²) >= 11 is 5.46. The van der Waals surface area contributed by atoms with Gasteiger partial charge in [0.05, 0.1) is 0 Å². The van der Waals surface area contributed by atoms with Gasteiger partial charge in [-0.1, -0.05) is 67.7 Å². The maximum Gasteiger partial charge on any atom is 0.0449 e. The van der Waals surface area contributed by atoms with Gasteiger partial charge in [-0.3, -0.25) is 0 Å². The van der Waals surface area contributed by atoms with Gasteiger partial charge < -0.3 is 0 Å². The number of allylic oxidation sites excluding steroid dienone is 1. The van der Waals surface area contributed by atoms with Crippen LogP contribution in [0.2, 0.25) is 0 Å². The second kappa shape index (κ2) is 6.62. The van der Waals surface area contributed by atoms with Crippen molar-refractivity contribution in [3.8, 4) is 0 Å². The Balaban J connectivity index is 2.24. The normalized spacial score (nSPS) is 10.9. The Hall–Kier alpha value is -1.73. The molecule has 0 aliphatic carbocycles. The lowest BCUT2D eigenvalue weighted by atomic mass is 9.98. The minimum Gasteiger partial charge on any atom is -0.0795 e. The van der Waals surface area contributed by atoms with Crippen LogP contribution in [0.4, 0.5) is 0 Å². The van der Waals surface area contributed by atoms with Crippen LogP contribution in [-0.4, -0.2) is 4.86 Å². The fraction of sp³-hybridized carbons (Fsp3) is 0.211. The zero-order valence-corrected chi connectivity index (χ0v) is 13.1. The van der Waals surface area contributed by atoms with E-state index in [2.05, 4.69) is 39.0 Å². The predicted molar refractivity (Wildman–Crippen MR) is 92.5 cm³/mol. The molecule has 0 aromatic heterocycles. The predicted octanol–water partition coefficient (Wildman–Crippen LogP) is 5.30. The fourth-order valence-corrected chi connectivity index (χ4v) is 2.53. The van der Waals surface area contributed by atoms with E-state index in [0.29, 0.717) is 0 Å². The molecule has 0 unspecified atom stereocenters. The first-order chi connectivity index (χ1) is 9.61. The van der Waals surface area contributed by atoms with E-state index in [1.54, 1.807) is 0 Å². The molecule has 0 radical (unpaired) electrons. The highest BCUT2D eigenvalue weighted by atomic mass is 32.1. The zero-order valence-electron chi connectivity index (χ0n) is 12.3. The second-order valence-electron chi connectivity index (χ2n) is 5.05. The van der Waals surface area contributed by atoms with E-state index >= 15 is 0 Å². The van der Waals surface area contributed by atoms with Crippen LogP contribution in [0.3, 0.4) is 0 Å². The Labute approximate surface area is 127 Å². The van der Waals surface area contributed by atoms with Crippen molar-refractivity contribution in [2.24, 2.45) is 0 Å². The van der Waals surface area contributed by atoms with E-state index in [-0.39, 0.29) is 0 Å². The van der Waals surface area contributed by atoms with Gasteiger partial charge in [0.1, 0.15) is 0 Å². The van der Waals surface area contributed by atoms with Gasteiger partial charge in [-0.05, 0) is 54.2 Å². The summed E-state index contributed by atoms with van der Waals surface area (Å²) in [5.74, 6) is 0. The summed E-state index contributed by atoms with van der Waals surface area (Å²) in [5.41, 5.74) is 6.42. The Bertz CT molecular complexity index is 636. The average Bonchev–Trinajstić information content (AvgIpc) is 2.48. The summed E-state index contributed by atoms with van der Waals surface area (Å²) in [6.45, 7) is 6.52. The Kier molecular flexibility index (Phi) is 4.86. The summed E-state index contributed by atoms with van der Waals surface area (Å²) in [4.78, 5) is 0.877. The SMILES string of the molecule is CCc1cc(C)c(C=CC(=S)c2ccccc2)cc1C. The summed E-state index contributed by atoms with van der Waals surface area (Å²) in [7, 11) is 0. The van der Waals surface area contributed by atoms with Crippen molar-refractivity contribution in [1.82, 2.24) is 0 Å². The molecule has 0 heterocycles. The lowest BCUT2D eigenvalue weighted by Gasteiger charge is -2.08. The van der Waals surface area contributed by atoms with E-state index in [9.17, 15) is 0 Å². The molecule has 0 amide bonds. The third kappa shape index (κ3) is 3.43. The molecule has 102 valence electrons. The molecule has 0 aliphatic heterocycles. The van der Waals surface area contributed by atoms with Crippen molar-refractivity contribution in [2.45, 2.75) is 27.2 Å². The van der Waals surface area contributed by atoms with E-state index in [1.807, 2.05) is 36.4 Å². The van der Waals surface area contributed by atoms with Gasteiger partial charge in [-0.2, -0.15) is 0 Å². The van der Waals surface area contributed by atoms with Gasteiger partial charge in [0.15, 0.2) is 0 Å². The molecule has 0 spiro atoms. The molecule has 0 N–H and O–H groups in total. The molecule has 0 aliphatic rings. The molecule has 0 saturated carbocycles. The Morgan fingerprint density at radius 3 is 2.40 bits per heavy atom. The van der Waals surface area contributed by atoms with E-state index in [1.165, 1.54) is 22.3 Å². The summed E-state index contributed by atoms with van der Waals surface area (Å²) < 4.78 is 0. The van der Waals surface area contributed by atoms with E-state index in [4.69, 9.17) is 12.2 Å². The largest absolute Gasteiger partial charge is 0.0795 e. The smallest absolute Gasteiger partial charge is 0.0449 e. The van der Waals surface area contributed by atoms with Gasteiger partial charge in [-0.15, -0.1) is 0 Å². The third-order valence-corrected chi connectivity index (χ3v) is 3.95. The molecule has 0 saturated heterocycles. The summed E-state index contributed by atoms with van der Waals surface area (Å²) in [6.07, 6.45) is 5.23. The minimum atomic E-state index is 0.877. The fourth-order valence-electron chi connectivity index (χ4n) is 2.32. The van der Waals surface area contributed by atoms with Gasteiger partial charge in [0.2, 0.25) is 0 Å². The van der Waals surface area contributed by atoms with E-state index in [0.717, 1.165) is 16.8 Å². The van der Waals surface area contributed by atoms with Crippen molar-refractivity contribution >= 4 is 23.2 Å². The monoisotopic (exact) mass is 280 g/mol. The zero-order chi connectivity index (χ0) is 14.5. The lowest BCUT2D eigenvalue weighted by molar-refractivity contribution is 1.10. The third-order valence-electron chi connectivity index (χ3n) is 3.58. The molecule has 0 bridgehead atoms. The van der Waals surface area contributed by atoms with E-state index < -0.39 is 0 Å². The molecule has 2 rings (SSSR count). The van der Waals surface area contributed by atoms with Crippen molar-refractivity contribution in [1.29, 1.82) is 0 Å². The van der Waals surface area contributed by atoms with Crippen molar-refractivity contribution in [3.05, 3.63) is 76.4 Å². The van der Waals surface area contributed by atoms with Crippen molar-refractivity contribution in [2.75, 3.05) is 0 Å². The van der Waals surface area contributed by atoms with Gasteiger partial charge >= 0.3 is 0 Å². The summed E-state index contributed by atoms with van der Waals surface area (Å²) in [6, 6.07) is 14.7. The van der Waals surface area contributed by atoms with Crippen LogP contribution in [0, 0.1) is 13.8 Å². The number of thiocarbonyl (C=S) groups is 1. The number of rotatable bonds is 4. The Morgan fingerprint density at radius 1 is 1.05 bits per heavy atom. The maximum absolute atomic E-state index is 5.46. The number of benzene rings is 2. The lowest BCUT2D eigenvalue weighted by Crippen LogP contribution is -1.93. The molecular formula is C19H20S. The molecule has 0 fully saturated rings. The topological polar surface area (TPSA) is 0 Å². The van der Waals surface area contributed by atoms with Gasteiger partial charge in [0, 0.05) is 4.86 Å². The quantitative estimate of drug-likeness (QED) is 0.416. The highest BCUT2D eigenvalue weighted by Crippen LogP contribution is 2.18. The maximum atomic E-state index is 5.46. The number of hydrogen-bond donors (Lipinski definition) is 0. The highest BCUT2D eigenvalue weighted by Gasteiger charge is 2.02. The highest BCUT2D eigenvalue weighted by molar-refractivity contribution is 7.81. The van der Waals surface area contributed by atoms with Crippen LogP contribution in [0.25, 0.3) is 6.08 Å². The van der Waals surface area contributed by atoms with Crippen molar-refractivity contribution < 1.29 is 0 Å². The van der Waals surface area contributed by atoms with Crippen LogP contribution in [0.15, 0.2) is 48.5 Å². The second-order valence-corrected chi connectivity index (χ2v) is 5.49. The van der Waals surface area contributed by atoms with Crippen LogP contribution in [-0.2, 0) is 6.42 Å². The first-order valence-electron chi connectivity index (χ1n) is 6.99. The standard InChI is InChI=1S/C19H20S/c1-4-16-12-15(3)18(13-14(16)2)10-11-19(20)17-8-6-5-7-9-17/h5-13H,4H2,1-3H3. The Morgan fingerprint density at radius 2 is 1.75 bits per heavy atom. The van der Waals surface area contributed by atoms with Gasteiger partial charge in [0.25, 0.3) is 0 Å². The molecule has 0 atom stereocenters. The molecular weight excluding hydrogens is 260 g/mol. The van der Waals surface area contributed by atoms with Crippen molar-refractivity contribution in [3.63, 3.8) is 0 Å². The average molecular weight is 280 g/mol. The molecule has 2 aromatic carbocycles. The van der Waals surface area contributed by atoms with Crippen LogP contribution in [0.1, 0.15) is 34.7 Å². The van der Waals surface area contributed by atoms with Crippen LogP contribution < -0.4 is 0 Å². The first kappa shape index (κ1) is 14.7. The van der Waals surface area contributed by atoms with Crippen LogP contribution >= 0.6 is 12.2 Å². The molecule has 0 nitrogen and oxygen atoms in total. The first-order valence-corrected chi connectivity index (χ1v) is 7.40. The molecule has 1 heteroatoms. The molecule has 2 aromatic rings. The molecule has 20 heavy (non-hydrogen) atoms. The summed E-state index contributed by atoms with van der Waals surface area (Å²) in [5, 5.41) is 0. The number of aryl methyl sites for hydroxylation is 3. The van der Waals surface area contributed by atoms with Crippen LogP contribution in [0.5, 0.6) is 0 Å². The minimum absolute atomic E-state index is 0.877.